The summed E-state index contributed by atoms with van der Waals surface area (Å²) in [4.78, 5) is 14.4. The Hall–Kier alpha value is -2.40. The average Bonchev–Trinajstić information content (AvgIpc) is 2.68. The highest BCUT2D eigenvalue weighted by molar-refractivity contribution is 5.92. The number of rotatable bonds is 7. The number of carbonyl (C=O) groups is 1. The van der Waals surface area contributed by atoms with E-state index in [1.165, 1.54) is 37.1 Å². The minimum Gasteiger partial charge on any atom is -0.372 e. The zero-order valence-electron chi connectivity index (χ0n) is 15.0. The van der Waals surface area contributed by atoms with E-state index in [4.69, 9.17) is 0 Å². The fourth-order valence-electron chi connectivity index (χ4n) is 3.20. The van der Waals surface area contributed by atoms with Crippen LogP contribution < -0.4 is 15.5 Å². The Bertz CT molecular complexity index is 694. The molecule has 0 atom stereocenters. The lowest BCUT2D eigenvalue weighted by atomic mass is 10.1. The Morgan fingerprint density at radius 2 is 1.65 bits per heavy atom. The standard InChI is InChI=1S/C21H26FN3O/c22-18-6-4-17(5-7-18)12-13-23-16-21(26)24-19-8-10-20(11-9-19)25-14-2-1-3-15-25/h4-11,23H,1-3,12-16H2,(H,24,26). The number of hydrogen-bond acceptors (Lipinski definition) is 3. The van der Waals surface area contributed by atoms with Crippen LogP contribution in [0, 0.1) is 5.82 Å². The van der Waals surface area contributed by atoms with Crippen LogP contribution in [0.15, 0.2) is 48.5 Å². The molecule has 1 aliphatic rings. The van der Waals surface area contributed by atoms with Gasteiger partial charge in [-0.1, -0.05) is 12.1 Å². The maximum absolute atomic E-state index is 12.8. The second-order valence-electron chi connectivity index (χ2n) is 6.70. The highest BCUT2D eigenvalue weighted by Gasteiger charge is 2.10. The van der Waals surface area contributed by atoms with Crippen molar-refractivity contribution in [1.82, 2.24) is 5.32 Å². The first-order chi connectivity index (χ1) is 12.7. The Morgan fingerprint density at radius 1 is 0.962 bits per heavy atom. The van der Waals surface area contributed by atoms with Gasteiger partial charge in [0.05, 0.1) is 6.54 Å². The van der Waals surface area contributed by atoms with Crippen molar-refractivity contribution in [3.63, 3.8) is 0 Å². The van der Waals surface area contributed by atoms with Crippen molar-refractivity contribution >= 4 is 17.3 Å². The van der Waals surface area contributed by atoms with Gasteiger partial charge in [0.15, 0.2) is 0 Å². The van der Waals surface area contributed by atoms with Gasteiger partial charge in [-0.2, -0.15) is 0 Å². The maximum atomic E-state index is 12.8. The van der Waals surface area contributed by atoms with Crippen LogP contribution >= 0.6 is 0 Å². The molecule has 0 aliphatic carbocycles. The van der Waals surface area contributed by atoms with Crippen molar-refractivity contribution in [3.05, 3.63) is 59.9 Å². The molecule has 26 heavy (non-hydrogen) atoms. The molecule has 0 spiro atoms. The highest BCUT2D eigenvalue weighted by Crippen LogP contribution is 2.21. The Kier molecular flexibility index (Phi) is 6.61. The molecule has 1 amide bonds. The number of halogens is 1. The lowest BCUT2D eigenvalue weighted by molar-refractivity contribution is -0.115. The van der Waals surface area contributed by atoms with Gasteiger partial charge in [0, 0.05) is 24.5 Å². The largest absolute Gasteiger partial charge is 0.372 e. The predicted octanol–water partition coefficient (Wildman–Crippen LogP) is 3.59. The number of nitrogens with zero attached hydrogens (tertiary/aromatic N) is 1. The van der Waals surface area contributed by atoms with E-state index in [1.807, 2.05) is 12.1 Å². The maximum Gasteiger partial charge on any atom is 0.238 e. The van der Waals surface area contributed by atoms with E-state index in [0.717, 1.165) is 30.8 Å². The first-order valence-electron chi connectivity index (χ1n) is 9.31. The molecule has 138 valence electrons. The quantitative estimate of drug-likeness (QED) is 0.746. The van der Waals surface area contributed by atoms with Crippen LogP contribution in [0.1, 0.15) is 24.8 Å². The minimum absolute atomic E-state index is 0.0603. The summed E-state index contributed by atoms with van der Waals surface area (Å²) in [6, 6.07) is 14.5. The van der Waals surface area contributed by atoms with Crippen molar-refractivity contribution in [2.45, 2.75) is 25.7 Å². The van der Waals surface area contributed by atoms with Crippen LogP contribution in [0.3, 0.4) is 0 Å². The molecule has 1 fully saturated rings. The first-order valence-corrected chi connectivity index (χ1v) is 9.31. The Labute approximate surface area is 154 Å². The molecule has 3 rings (SSSR count). The van der Waals surface area contributed by atoms with Gasteiger partial charge in [-0.05, 0) is 74.2 Å². The van der Waals surface area contributed by atoms with E-state index >= 15 is 0 Å². The molecule has 0 radical (unpaired) electrons. The molecular weight excluding hydrogens is 329 g/mol. The van der Waals surface area contributed by atoms with Gasteiger partial charge in [0.1, 0.15) is 5.82 Å². The Balaban J connectivity index is 1.38. The molecule has 0 aromatic heterocycles. The summed E-state index contributed by atoms with van der Waals surface area (Å²) in [5.74, 6) is -0.290. The summed E-state index contributed by atoms with van der Waals surface area (Å²) in [7, 11) is 0. The zero-order chi connectivity index (χ0) is 18.2. The van der Waals surface area contributed by atoms with E-state index < -0.39 is 0 Å². The van der Waals surface area contributed by atoms with Gasteiger partial charge in [-0.25, -0.2) is 4.39 Å². The highest BCUT2D eigenvalue weighted by atomic mass is 19.1. The molecule has 0 bridgehead atoms. The van der Waals surface area contributed by atoms with E-state index in [2.05, 4.69) is 27.7 Å². The van der Waals surface area contributed by atoms with E-state index in [-0.39, 0.29) is 18.3 Å². The van der Waals surface area contributed by atoms with Gasteiger partial charge >= 0.3 is 0 Å². The normalized spacial score (nSPS) is 14.3. The summed E-state index contributed by atoms with van der Waals surface area (Å²) in [5.41, 5.74) is 3.09. The number of carbonyl (C=O) groups excluding carboxylic acids is 1. The number of benzene rings is 2. The third kappa shape index (κ3) is 5.56. The molecule has 0 saturated carbocycles. The summed E-state index contributed by atoms with van der Waals surface area (Å²) in [6.45, 7) is 3.16. The van der Waals surface area contributed by atoms with E-state index in [9.17, 15) is 9.18 Å². The molecule has 0 unspecified atom stereocenters. The number of nitrogens with one attached hydrogen (secondary N) is 2. The van der Waals surface area contributed by atoms with Gasteiger partial charge in [-0.3, -0.25) is 4.79 Å². The van der Waals surface area contributed by atoms with Crippen LogP contribution in [-0.4, -0.2) is 32.1 Å². The lowest BCUT2D eigenvalue weighted by Crippen LogP contribution is -2.30. The fourth-order valence-corrected chi connectivity index (χ4v) is 3.20. The molecule has 4 nitrogen and oxygen atoms in total. The molecule has 1 aliphatic heterocycles. The van der Waals surface area contributed by atoms with Gasteiger partial charge in [0.25, 0.3) is 0 Å². The van der Waals surface area contributed by atoms with Gasteiger partial charge < -0.3 is 15.5 Å². The van der Waals surface area contributed by atoms with Crippen molar-refractivity contribution in [2.75, 3.05) is 36.4 Å². The van der Waals surface area contributed by atoms with Gasteiger partial charge in [-0.15, -0.1) is 0 Å². The van der Waals surface area contributed by atoms with Crippen molar-refractivity contribution in [1.29, 1.82) is 0 Å². The molecule has 5 heteroatoms. The number of anilines is 2. The summed E-state index contributed by atoms with van der Waals surface area (Å²) in [6.07, 6.45) is 4.58. The third-order valence-electron chi connectivity index (χ3n) is 4.66. The first kappa shape index (κ1) is 18.4. The minimum atomic E-state index is -0.229. The predicted molar refractivity (Wildman–Crippen MR) is 104 cm³/mol. The van der Waals surface area contributed by atoms with Crippen LogP contribution in [-0.2, 0) is 11.2 Å². The SMILES string of the molecule is O=C(CNCCc1ccc(F)cc1)Nc1ccc(N2CCCCC2)cc1. The number of amides is 1. The second kappa shape index (κ2) is 9.34. The average molecular weight is 355 g/mol. The van der Waals surface area contributed by atoms with Crippen molar-refractivity contribution in [3.8, 4) is 0 Å². The summed E-state index contributed by atoms with van der Waals surface area (Å²) >= 11 is 0. The molecule has 1 saturated heterocycles. The van der Waals surface area contributed by atoms with E-state index in [1.54, 1.807) is 12.1 Å². The van der Waals surface area contributed by atoms with E-state index in [0.29, 0.717) is 6.54 Å². The van der Waals surface area contributed by atoms with Crippen LogP contribution in [0.4, 0.5) is 15.8 Å². The molecule has 2 N–H and O–H groups in total. The summed E-state index contributed by atoms with van der Waals surface area (Å²) in [5, 5.41) is 6.03. The van der Waals surface area contributed by atoms with Crippen molar-refractivity contribution in [2.24, 2.45) is 0 Å². The Morgan fingerprint density at radius 3 is 2.35 bits per heavy atom. The molecule has 2 aromatic rings. The fraction of sp³-hybridized carbons (Fsp3) is 0.381. The summed E-state index contributed by atoms with van der Waals surface area (Å²) < 4.78 is 12.8. The smallest absolute Gasteiger partial charge is 0.238 e. The molecule has 2 aromatic carbocycles. The molecule has 1 heterocycles. The van der Waals surface area contributed by atoms with Crippen LogP contribution in [0.5, 0.6) is 0 Å². The monoisotopic (exact) mass is 355 g/mol. The zero-order valence-corrected chi connectivity index (χ0v) is 15.0. The third-order valence-corrected chi connectivity index (χ3v) is 4.66. The van der Waals surface area contributed by atoms with Gasteiger partial charge in [0.2, 0.25) is 5.91 Å². The van der Waals surface area contributed by atoms with Crippen LogP contribution in [0.2, 0.25) is 0 Å². The topological polar surface area (TPSA) is 44.4 Å². The number of piperidine rings is 1. The van der Waals surface area contributed by atoms with Crippen LogP contribution in [0.25, 0.3) is 0 Å². The molecular formula is C21H26FN3O. The lowest BCUT2D eigenvalue weighted by Gasteiger charge is -2.28. The second-order valence-corrected chi connectivity index (χ2v) is 6.70. The number of hydrogen-bond donors (Lipinski definition) is 2. The van der Waals surface area contributed by atoms with Crippen molar-refractivity contribution < 1.29 is 9.18 Å².